The van der Waals surface area contributed by atoms with Crippen LogP contribution < -0.4 is 10.6 Å². The second-order valence-corrected chi connectivity index (χ2v) is 17.0. The standard InChI is InChI=1S/3C12H18.C7H17NO.C5H13NO.8CH3.4Ru/c3*1-7-8(2)10(4)12(6)11(5)9(7)3;1-6(2,8-5)7(3,4)9;1-5(2,4-7)6-3;;;;;;;;;;;;/h3*1-6H3;8-9H,1-5H3;6-7H,4H2,1-3H3;8*1H3;;;;/q;;;;;8*-1;+1;3*+3. The third-order valence-electron chi connectivity index (χ3n) is 13.4. The number of aliphatic hydroxyl groups excluding tert-OH is 1. The molecular weight excluding hydrogens is 1140 g/mol. The van der Waals surface area contributed by atoms with Crippen LogP contribution in [0.5, 0.6) is 0 Å². The van der Waals surface area contributed by atoms with Crippen LogP contribution in [0.25, 0.3) is 0 Å². The van der Waals surface area contributed by atoms with Gasteiger partial charge in [0.1, 0.15) is 0 Å². The summed E-state index contributed by atoms with van der Waals surface area (Å²) in [5.41, 5.74) is 25.2. The third kappa shape index (κ3) is 28.5. The summed E-state index contributed by atoms with van der Waals surface area (Å²) in [6, 6.07) is 0. The van der Waals surface area contributed by atoms with E-state index >= 15 is 0 Å². The van der Waals surface area contributed by atoms with Gasteiger partial charge in [0.2, 0.25) is 0 Å². The van der Waals surface area contributed by atoms with Gasteiger partial charge in [-0.1, -0.05) is 0 Å². The van der Waals surface area contributed by atoms with Gasteiger partial charge >= 0.3 is 77.9 Å². The first-order valence-corrected chi connectivity index (χ1v) is 19.1. The molecular formula is C56H108N2O2Ru4+2. The van der Waals surface area contributed by atoms with Crippen molar-refractivity contribution in [2.45, 2.75) is 183 Å². The topological polar surface area (TPSA) is 64.5 Å². The zero-order valence-electron chi connectivity index (χ0n) is 48.5. The first-order chi connectivity index (χ1) is 23.3. The molecule has 4 nitrogen and oxygen atoms in total. The van der Waals surface area contributed by atoms with Crippen molar-refractivity contribution in [1.82, 2.24) is 10.6 Å². The van der Waals surface area contributed by atoms with Gasteiger partial charge in [-0.2, -0.15) is 0 Å². The van der Waals surface area contributed by atoms with E-state index in [9.17, 15) is 5.11 Å². The monoisotopic (exact) mass is 1250 g/mol. The fourth-order valence-corrected chi connectivity index (χ4v) is 5.45. The molecule has 0 heterocycles. The zero-order valence-corrected chi connectivity index (χ0v) is 55.5. The summed E-state index contributed by atoms with van der Waals surface area (Å²) in [6.45, 7) is 51.4. The Kier molecular flexibility index (Phi) is 68.3. The molecule has 4 N–H and O–H groups in total. The molecule has 3 rings (SSSR count). The molecule has 0 fully saturated rings. The molecule has 0 saturated carbocycles. The van der Waals surface area contributed by atoms with Gasteiger partial charge in [-0.3, -0.25) is 0 Å². The Hall–Kier alpha value is -0.00649. The molecule has 8 heteroatoms. The van der Waals surface area contributed by atoms with Gasteiger partial charge < -0.3 is 80.3 Å². The Morgan fingerprint density at radius 1 is 0.312 bits per heavy atom. The summed E-state index contributed by atoms with van der Waals surface area (Å²) in [5.74, 6) is 0. The van der Waals surface area contributed by atoms with Crippen LogP contribution in [0, 0.1) is 184 Å². The number of aliphatic hydroxyl groups is 2. The van der Waals surface area contributed by atoms with Crippen molar-refractivity contribution in [3.05, 3.63) is 160 Å². The Balaban J connectivity index is -0.0000000393. The molecule has 0 aliphatic rings. The first-order valence-electron chi connectivity index (χ1n) is 19.1. The molecule has 4 radical (unpaired) electrons. The van der Waals surface area contributed by atoms with E-state index in [0.29, 0.717) is 0 Å². The molecule has 3 aromatic rings. The average molecular weight is 1250 g/mol. The van der Waals surface area contributed by atoms with Crippen LogP contribution in [0.4, 0.5) is 0 Å². The van der Waals surface area contributed by atoms with Gasteiger partial charge in [-0.25, -0.2) is 0 Å². The van der Waals surface area contributed by atoms with Crippen LogP contribution in [0.2, 0.25) is 0 Å². The molecule has 0 spiro atoms. The van der Waals surface area contributed by atoms with E-state index in [1.165, 1.54) is 100 Å². The number of likely N-dealkylation sites (N-methyl/N-ethyl adjacent to an activating group) is 2. The fourth-order valence-electron chi connectivity index (χ4n) is 5.45. The molecule has 0 saturated heterocycles. The number of hydrogen-bond donors (Lipinski definition) is 4. The molecule has 64 heavy (non-hydrogen) atoms. The van der Waals surface area contributed by atoms with Crippen molar-refractivity contribution in [1.29, 1.82) is 0 Å². The van der Waals surface area contributed by atoms with Crippen LogP contribution in [-0.4, -0.2) is 47.6 Å². The van der Waals surface area contributed by atoms with E-state index in [1.807, 2.05) is 41.8 Å². The number of rotatable bonds is 4. The van der Waals surface area contributed by atoms with Gasteiger partial charge in [-0.05, 0) is 280 Å². The average Bonchev–Trinajstić information content (AvgIpc) is 3.11. The van der Waals surface area contributed by atoms with Gasteiger partial charge in [0, 0.05) is 11.1 Å². The molecule has 0 atom stereocenters. The van der Waals surface area contributed by atoms with Crippen LogP contribution in [0.1, 0.15) is 142 Å². The third-order valence-corrected chi connectivity index (χ3v) is 13.4. The Morgan fingerprint density at radius 3 is 0.438 bits per heavy atom. The largest absolute Gasteiger partial charge is 3.00 e. The van der Waals surface area contributed by atoms with Gasteiger partial charge in [0.25, 0.3) is 0 Å². The van der Waals surface area contributed by atoms with Crippen LogP contribution >= 0.6 is 0 Å². The van der Waals surface area contributed by atoms with Crippen molar-refractivity contribution >= 4 is 0 Å². The Morgan fingerprint density at radius 2 is 0.422 bits per heavy atom. The summed E-state index contributed by atoms with van der Waals surface area (Å²) in [4.78, 5) is 0. The quantitative estimate of drug-likeness (QED) is 0.155. The molecule has 0 aromatic heterocycles. The van der Waals surface area contributed by atoms with Crippen LogP contribution in [-0.2, 0) is 77.9 Å². The van der Waals surface area contributed by atoms with Crippen molar-refractivity contribution in [3.63, 3.8) is 0 Å². The van der Waals surface area contributed by atoms with Gasteiger partial charge in [-0.15, -0.1) is 0 Å². The maximum absolute atomic E-state index is 9.48. The smallest absolute Gasteiger partial charge is 0.394 e. The molecule has 0 unspecified atom stereocenters. The van der Waals surface area contributed by atoms with Crippen molar-refractivity contribution < 1.29 is 88.1 Å². The van der Waals surface area contributed by atoms with Crippen LogP contribution in [0.3, 0.4) is 0 Å². The van der Waals surface area contributed by atoms with E-state index < -0.39 is 5.60 Å². The SMILES string of the molecule is CNC(C)(C)C(C)(C)O.CNC(C)(C)CO.Cc1c(C)c(C)c(C)c(C)c1C.Cc1c(C)c(C)c(C)c(C)c1C.Cc1c(C)c(C)c(C)c(C)c1C.[CH3-].[CH3-].[CH3-].[CH3-].[CH3-].[CH3-].[CH3-].[CH3-].[Ru+3].[Ru+3].[Ru+3].[Ru+]. The minimum atomic E-state index is -0.665. The number of nitrogens with one attached hydrogen (secondary N) is 2. The molecule has 0 aliphatic carbocycles. The molecule has 0 aliphatic heterocycles. The summed E-state index contributed by atoms with van der Waals surface area (Å²) in [5, 5.41) is 24.0. The summed E-state index contributed by atoms with van der Waals surface area (Å²) >= 11 is 0. The van der Waals surface area contributed by atoms with Gasteiger partial charge in [0.05, 0.1) is 12.2 Å². The molecule has 0 bridgehead atoms. The van der Waals surface area contributed by atoms with Crippen molar-refractivity contribution in [3.8, 4) is 0 Å². The fraction of sp³-hybridized carbons (Fsp3) is 0.536. The van der Waals surface area contributed by atoms with E-state index in [1.54, 1.807) is 13.8 Å². The second-order valence-electron chi connectivity index (χ2n) is 17.0. The summed E-state index contributed by atoms with van der Waals surface area (Å²) in [6.07, 6.45) is 0. The minimum Gasteiger partial charge on any atom is -0.394 e. The maximum atomic E-state index is 9.48. The minimum absolute atomic E-state index is 0. The molecule has 3 aromatic carbocycles. The number of benzene rings is 3. The Bertz CT molecular complexity index is 1170. The predicted molar refractivity (Wildman–Crippen MR) is 286 cm³/mol. The van der Waals surface area contributed by atoms with Crippen molar-refractivity contribution in [2.24, 2.45) is 0 Å². The number of hydrogen-bond acceptors (Lipinski definition) is 4. The summed E-state index contributed by atoms with van der Waals surface area (Å²) < 4.78 is 0. The Labute approximate surface area is 458 Å². The predicted octanol–water partition coefficient (Wildman–Crippen LogP) is 14.9. The van der Waals surface area contributed by atoms with E-state index in [-0.39, 0.29) is 155 Å². The zero-order chi connectivity index (χ0) is 42.0. The van der Waals surface area contributed by atoms with Crippen LogP contribution in [0.15, 0.2) is 0 Å². The van der Waals surface area contributed by atoms with E-state index in [4.69, 9.17) is 5.11 Å². The second kappa shape index (κ2) is 43.0. The normalized spacial score (nSPS) is 9.19. The molecule has 0 amide bonds. The molecule has 384 valence electrons. The van der Waals surface area contributed by atoms with E-state index in [2.05, 4.69) is 135 Å². The van der Waals surface area contributed by atoms with Crippen molar-refractivity contribution in [2.75, 3.05) is 20.7 Å². The van der Waals surface area contributed by atoms with Gasteiger partial charge in [0.15, 0.2) is 0 Å². The summed E-state index contributed by atoms with van der Waals surface area (Å²) in [7, 11) is 3.67. The first kappa shape index (κ1) is 102. The van der Waals surface area contributed by atoms with E-state index in [0.717, 1.165) is 0 Å². The maximum Gasteiger partial charge on any atom is 3.00 e.